The van der Waals surface area contributed by atoms with E-state index in [2.05, 4.69) is 20.9 Å². The Morgan fingerprint density at radius 1 is 1.07 bits per heavy atom. The van der Waals surface area contributed by atoms with Gasteiger partial charge in [-0.25, -0.2) is 14.2 Å². The van der Waals surface area contributed by atoms with Crippen LogP contribution in [0.5, 0.6) is 0 Å². The Bertz CT molecular complexity index is 991. The van der Waals surface area contributed by atoms with Gasteiger partial charge in [0.15, 0.2) is 0 Å². The van der Waals surface area contributed by atoms with Crippen molar-refractivity contribution in [2.45, 2.75) is 13.0 Å². The normalized spacial score (nSPS) is 10.6. The van der Waals surface area contributed by atoms with E-state index in [1.54, 1.807) is 28.9 Å². The van der Waals surface area contributed by atoms with Crippen LogP contribution in [0.25, 0.3) is 5.65 Å². The molecular formula is C19H19ClFN5O2. The van der Waals surface area contributed by atoms with Crippen LogP contribution < -0.4 is 16.0 Å². The Labute approximate surface area is 165 Å². The number of fused-ring (bicyclic) bond motifs is 1. The lowest BCUT2D eigenvalue weighted by Crippen LogP contribution is -2.37. The van der Waals surface area contributed by atoms with E-state index in [1.807, 2.05) is 0 Å². The van der Waals surface area contributed by atoms with Gasteiger partial charge in [0.2, 0.25) is 0 Å². The van der Waals surface area contributed by atoms with Crippen LogP contribution in [0.15, 0.2) is 48.8 Å². The molecule has 1 aromatic carbocycles. The van der Waals surface area contributed by atoms with Gasteiger partial charge in [0, 0.05) is 31.0 Å². The number of carbonyl (C=O) groups excluding carboxylic acids is 2. The number of hydrogen-bond donors (Lipinski definition) is 3. The molecule has 28 heavy (non-hydrogen) atoms. The van der Waals surface area contributed by atoms with E-state index >= 15 is 0 Å². The zero-order valence-corrected chi connectivity index (χ0v) is 15.7. The van der Waals surface area contributed by atoms with E-state index in [4.69, 9.17) is 11.6 Å². The largest absolute Gasteiger partial charge is 0.352 e. The molecule has 2 heterocycles. The van der Waals surface area contributed by atoms with Crippen molar-refractivity contribution in [1.29, 1.82) is 0 Å². The Kier molecular flexibility index (Phi) is 6.44. The van der Waals surface area contributed by atoms with Gasteiger partial charge in [-0.1, -0.05) is 17.7 Å². The van der Waals surface area contributed by atoms with Crippen LogP contribution in [0.4, 0.5) is 9.18 Å². The second-order valence-electron chi connectivity index (χ2n) is 6.07. The second kappa shape index (κ2) is 9.18. The molecule has 0 unspecified atom stereocenters. The first-order valence-corrected chi connectivity index (χ1v) is 9.08. The number of aromatic nitrogens is 2. The minimum atomic E-state index is -0.459. The van der Waals surface area contributed by atoms with Crippen LogP contribution in [0.3, 0.4) is 0 Å². The summed E-state index contributed by atoms with van der Waals surface area (Å²) in [6, 6.07) is 8.69. The summed E-state index contributed by atoms with van der Waals surface area (Å²) in [5.41, 5.74) is 1.72. The second-order valence-corrected chi connectivity index (χ2v) is 6.51. The maximum absolute atomic E-state index is 13.1. The van der Waals surface area contributed by atoms with Crippen molar-refractivity contribution >= 4 is 29.2 Å². The lowest BCUT2D eigenvalue weighted by molar-refractivity contribution is 0.0953. The average molecular weight is 404 g/mol. The predicted octanol–water partition coefficient (Wildman–Crippen LogP) is 2.75. The summed E-state index contributed by atoms with van der Waals surface area (Å²) in [5, 5.41) is 8.70. The number of carbonyl (C=O) groups is 2. The molecule has 2 aromatic heterocycles. The molecule has 3 amide bonds. The topological polar surface area (TPSA) is 87.5 Å². The molecular weight excluding hydrogens is 385 g/mol. The highest BCUT2D eigenvalue weighted by atomic mass is 35.5. The molecule has 146 valence electrons. The van der Waals surface area contributed by atoms with Gasteiger partial charge in [0.25, 0.3) is 5.91 Å². The van der Waals surface area contributed by atoms with Crippen molar-refractivity contribution in [3.63, 3.8) is 0 Å². The summed E-state index contributed by atoms with van der Waals surface area (Å²) in [4.78, 5) is 28.1. The number of imidazole rings is 1. The third-order valence-electron chi connectivity index (χ3n) is 3.91. The summed E-state index contributed by atoms with van der Waals surface area (Å²) < 4.78 is 14.9. The van der Waals surface area contributed by atoms with Crippen molar-refractivity contribution in [3.05, 3.63) is 70.9 Å². The molecule has 0 atom stereocenters. The van der Waals surface area contributed by atoms with E-state index in [9.17, 15) is 14.0 Å². The van der Waals surface area contributed by atoms with Crippen molar-refractivity contribution in [3.8, 4) is 0 Å². The molecule has 0 aliphatic rings. The first-order chi connectivity index (χ1) is 13.5. The predicted molar refractivity (Wildman–Crippen MR) is 104 cm³/mol. The first-order valence-electron chi connectivity index (χ1n) is 8.70. The Balaban J connectivity index is 1.33. The van der Waals surface area contributed by atoms with Gasteiger partial charge in [-0.2, -0.15) is 0 Å². The maximum atomic E-state index is 13.1. The molecule has 0 saturated carbocycles. The number of amides is 3. The zero-order valence-electron chi connectivity index (χ0n) is 14.9. The smallest absolute Gasteiger partial charge is 0.315 e. The summed E-state index contributed by atoms with van der Waals surface area (Å²) in [5.74, 6) is -0.810. The Morgan fingerprint density at radius 3 is 2.71 bits per heavy atom. The number of hydrogen-bond acceptors (Lipinski definition) is 3. The van der Waals surface area contributed by atoms with E-state index in [1.165, 1.54) is 24.3 Å². The summed E-state index contributed by atoms with van der Waals surface area (Å²) in [6.07, 6.45) is 4.08. The molecule has 3 aromatic rings. The molecule has 0 bridgehead atoms. The fourth-order valence-corrected chi connectivity index (χ4v) is 2.73. The average Bonchev–Trinajstić information content (AvgIpc) is 3.08. The van der Waals surface area contributed by atoms with E-state index < -0.39 is 5.82 Å². The molecule has 9 heteroatoms. The first kappa shape index (κ1) is 19.6. The van der Waals surface area contributed by atoms with Crippen LogP contribution in [0, 0.1) is 5.82 Å². The van der Waals surface area contributed by atoms with Crippen molar-refractivity contribution in [2.75, 3.05) is 13.1 Å². The Morgan fingerprint density at radius 2 is 1.89 bits per heavy atom. The summed E-state index contributed by atoms with van der Waals surface area (Å²) >= 11 is 5.93. The number of urea groups is 1. The van der Waals surface area contributed by atoms with Gasteiger partial charge in [0.05, 0.1) is 17.3 Å². The molecule has 0 saturated heterocycles. The van der Waals surface area contributed by atoms with Crippen molar-refractivity contribution in [2.24, 2.45) is 0 Å². The lowest BCUT2D eigenvalue weighted by Gasteiger charge is -2.08. The third kappa shape index (κ3) is 5.43. The number of pyridine rings is 1. The zero-order chi connectivity index (χ0) is 19.9. The fourth-order valence-electron chi connectivity index (χ4n) is 2.56. The highest BCUT2D eigenvalue weighted by Gasteiger charge is 2.07. The monoisotopic (exact) mass is 403 g/mol. The summed E-state index contributed by atoms with van der Waals surface area (Å²) in [6.45, 7) is 1.03. The molecule has 0 fully saturated rings. The van der Waals surface area contributed by atoms with Gasteiger partial charge in [-0.3, -0.25) is 4.79 Å². The van der Waals surface area contributed by atoms with Gasteiger partial charge in [-0.05, 0) is 36.8 Å². The van der Waals surface area contributed by atoms with Crippen LogP contribution in [-0.2, 0) is 6.54 Å². The van der Waals surface area contributed by atoms with Crippen molar-refractivity contribution in [1.82, 2.24) is 25.3 Å². The minimum Gasteiger partial charge on any atom is -0.352 e. The van der Waals surface area contributed by atoms with Gasteiger partial charge in [-0.15, -0.1) is 0 Å². The molecule has 0 spiro atoms. The minimum absolute atomic E-state index is 0.263. The summed E-state index contributed by atoms with van der Waals surface area (Å²) in [7, 11) is 0. The number of halogens is 2. The maximum Gasteiger partial charge on any atom is 0.315 e. The van der Waals surface area contributed by atoms with Crippen LogP contribution in [0.2, 0.25) is 5.02 Å². The molecule has 3 rings (SSSR count). The SMILES string of the molecule is O=C(NCCCNC(=O)c1cccc(F)c1)NCc1cn2cc(Cl)ccc2n1. The van der Waals surface area contributed by atoms with Crippen molar-refractivity contribution < 1.29 is 14.0 Å². The van der Waals surface area contributed by atoms with Crippen LogP contribution in [0.1, 0.15) is 22.5 Å². The third-order valence-corrected chi connectivity index (χ3v) is 4.13. The van der Waals surface area contributed by atoms with E-state index in [0.717, 1.165) is 5.65 Å². The number of benzene rings is 1. The van der Waals surface area contributed by atoms with E-state index in [-0.39, 0.29) is 24.0 Å². The number of nitrogens with zero attached hydrogens (tertiary/aromatic N) is 2. The number of nitrogens with one attached hydrogen (secondary N) is 3. The van der Waals surface area contributed by atoms with Gasteiger partial charge < -0.3 is 20.4 Å². The highest BCUT2D eigenvalue weighted by molar-refractivity contribution is 6.30. The lowest BCUT2D eigenvalue weighted by atomic mass is 10.2. The molecule has 0 aliphatic carbocycles. The van der Waals surface area contributed by atoms with Gasteiger partial charge in [0.1, 0.15) is 11.5 Å². The molecule has 0 aliphatic heterocycles. The number of rotatable bonds is 7. The van der Waals surface area contributed by atoms with Crippen LogP contribution in [-0.4, -0.2) is 34.4 Å². The standard InChI is InChI=1S/C19H19ClFN5O2/c20-14-5-6-17-25-16(12-26(17)11-14)10-24-19(28)23-8-2-7-22-18(27)13-3-1-4-15(21)9-13/h1,3-6,9,11-12H,2,7-8,10H2,(H,22,27)(H2,23,24,28). The van der Waals surface area contributed by atoms with Gasteiger partial charge >= 0.3 is 6.03 Å². The highest BCUT2D eigenvalue weighted by Crippen LogP contribution is 2.11. The van der Waals surface area contributed by atoms with Crippen LogP contribution >= 0.6 is 11.6 Å². The fraction of sp³-hybridized carbons (Fsp3) is 0.211. The Hall–Kier alpha value is -3.13. The molecule has 7 nitrogen and oxygen atoms in total. The van der Waals surface area contributed by atoms with E-state index in [0.29, 0.717) is 30.2 Å². The molecule has 0 radical (unpaired) electrons. The molecule has 3 N–H and O–H groups in total. The quantitative estimate of drug-likeness (QED) is 0.530.